The predicted molar refractivity (Wildman–Crippen MR) is 61.8 cm³/mol. The number of hydrogen-bond acceptors (Lipinski definition) is 3. The highest BCUT2D eigenvalue weighted by Gasteiger charge is 2.13. The number of morpholine rings is 1. The van der Waals surface area contributed by atoms with E-state index in [2.05, 4.69) is 5.32 Å². The average Bonchev–Trinajstić information content (AvgIpc) is 2.29. The first-order chi connectivity index (χ1) is 6.95. The minimum absolute atomic E-state index is 0. The zero-order valence-electron chi connectivity index (χ0n) is 8.52. The van der Waals surface area contributed by atoms with Gasteiger partial charge in [0.15, 0.2) is 0 Å². The van der Waals surface area contributed by atoms with Gasteiger partial charge in [-0.25, -0.2) is 0 Å². The van der Waals surface area contributed by atoms with Crippen LogP contribution in [0.3, 0.4) is 0 Å². The normalized spacial score (nSPS) is 20.4. The third-order valence-corrected chi connectivity index (χ3v) is 2.18. The Labute approximate surface area is 96.2 Å². The van der Waals surface area contributed by atoms with E-state index in [1.807, 2.05) is 30.3 Å². The molecule has 1 aliphatic heterocycles. The van der Waals surface area contributed by atoms with Crippen LogP contribution in [0.4, 0.5) is 0 Å². The topological polar surface area (TPSA) is 30.5 Å². The Balaban J connectivity index is 0.00000112. The summed E-state index contributed by atoms with van der Waals surface area (Å²) in [5, 5.41) is 3.27. The van der Waals surface area contributed by atoms with Crippen LogP contribution in [0.15, 0.2) is 30.3 Å². The monoisotopic (exact) mass is 229 g/mol. The second kappa shape index (κ2) is 6.67. The highest BCUT2D eigenvalue weighted by Crippen LogP contribution is 2.09. The SMILES string of the molecule is Cl.c1ccc(OC[C@@H]2CNCCO2)cc1. The van der Waals surface area contributed by atoms with Crippen LogP contribution in [0.2, 0.25) is 0 Å². The molecule has 0 spiro atoms. The van der Waals surface area contributed by atoms with E-state index in [0.29, 0.717) is 6.61 Å². The lowest BCUT2D eigenvalue weighted by atomic mass is 10.3. The minimum atomic E-state index is 0. The molecule has 1 aromatic carbocycles. The number of ether oxygens (including phenoxy) is 2. The van der Waals surface area contributed by atoms with Crippen molar-refractivity contribution in [2.45, 2.75) is 6.10 Å². The number of para-hydroxylation sites is 1. The molecule has 4 heteroatoms. The van der Waals surface area contributed by atoms with Gasteiger partial charge < -0.3 is 14.8 Å². The molecule has 0 aliphatic carbocycles. The minimum Gasteiger partial charge on any atom is -0.491 e. The fourth-order valence-corrected chi connectivity index (χ4v) is 1.43. The molecule has 0 amide bonds. The van der Waals surface area contributed by atoms with Gasteiger partial charge in [0.1, 0.15) is 18.5 Å². The van der Waals surface area contributed by atoms with E-state index in [4.69, 9.17) is 9.47 Å². The van der Waals surface area contributed by atoms with Gasteiger partial charge >= 0.3 is 0 Å². The number of benzene rings is 1. The second-order valence-electron chi connectivity index (χ2n) is 3.32. The van der Waals surface area contributed by atoms with E-state index in [9.17, 15) is 0 Å². The van der Waals surface area contributed by atoms with Gasteiger partial charge in [-0.05, 0) is 12.1 Å². The maximum absolute atomic E-state index is 5.58. The summed E-state index contributed by atoms with van der Waals surface area (Å²) >= 11 is 0. The predicted octanol–water partition coefficient (Wildman–Crippen LogP) is 1.48. The van der Waals surface area contributed by atoms with Gasteiger partial charge in [0.25, 0.3) is 0 Å². The molecule has 84 valence electrons. The van der Waals surface area contributed by atoms with Gasteiger partial charge in [-0.1, -0.05) is 18.2 Å². The molecule has 1 N–H and O–H groups in total. The van der Waals surface area contributed by atoms with Crippen LogP contribution in [-0.2, 0) is 4.74 Å². The third kappa shape index (κ3) is 4.08. The van der Waals surface area contributed by atoms with E-state index >= 15 is 0 Å². The fraction of sp³-hybridized carbons (Fsp3) is 0.455. The largest absolute Gasteiger partial charge is 0.491 e. The lowest BCUT2D eigenvalue weighted by Crippen LogP contribution is -2.41. The maximum Gasteiger partial charge on any atom is 0.119 e. The standard InChI is InChI=1S/C11H15NO2.ClH/c1-2-4-10(5-3-1)14-9-11-8-12-6-7-13-11;/h1-5,11-12H,6-9H2;1H/t11-;/m0./s1. The van der Waals surface area contributed by atoms with E-state index < -0.39 is 0 Å². The summed E-state index contributed by atoms with van der Waals surface area (Å²) in [6.45, 7) is 3.23. The molecular weight excluding hydrogens is 214 g/mol. The first-order valence-electron chi connectivity index (χ1n) is 4.95. The summed E-state index contributed by atoms with van der Waals surface area (Å²) in [6, 6.07) is 9.82. The number of nitrogens with one attached hydrogen (secondary N) is 1. The quantitative estimate of drug-likeness (QED) is 0.852. The number of halogens is 1. The highest BCUT2D eigenvalue weighted by molar-refractivity contribution is 5.85. The van der Waals surface area contributed by atoms with E-state index in [1.165, 1.54) is 0 Å². The summed E-state index contributed by atoms with van der Waals surface area (Å²) in [7, 11) is 0. The van der Waals surface area contributed by atoms with Crippen LogP contribution in [-0.4, -0.2) is 32.4 Å². The molecular formula is C11H16ClNO2. The molecule has 0 aromatic heterocycles. The van der Waals surface area contributed by atoms with Gasteiger partial charge in [0.2, 0.25) is 0 Å². The molecule has 1 atom stereocenters. The summed E-state index contributed by atoms with van der Waals surface area (Å²) in [5.41, 5.74) is 0. The summed E-state index contributed by atoms with van der Waals surface area (Å²) < 4.78 is 11.1. The lowest BCUT2D eigenvalue weighted by Gasteiger charge is -2.23. The molecule has 1 fully saturated rings. The van der Waals surface area contributed by atoms with E-state index in [-0.39, 0.29) is 18.5 Å². The van der Waals surface area contributed by atoms with E-state index in [1.54, 1.807) is 0 Å². The molecule has 1 saturated heterocycles. The summed E-state index contributed by atoms with van der Waals surface area (Å²) in [4.78, 5) is 0. The third-order valence-electron chi connectivity index (χ3n) is 2.18. The first kappa shape index (κ1) is 12.3. The van der Waals surface area contributed by atoms with Crippen molar-refractivity contribution in [3.63, 3.8) is 0 Å². The fourth-order valence-electron chi connectivity index (χ4n) is 1.43. The Morgan fingerprint density at radius 2 is 2.13 bits per heavy atom. The molecule has 1 aliphatic rings. The van der Waals surface area contributed by atoms with Crippen molar-refractivity contribution in [2.24, 2.45) is 0 Å². The summed E-state index contributed by atoms with van der Waals surface area (Å²) in [5.74, 6) is 0.904. The van der Waals surface area contributed by atoms with Crippen molar-refractivity contribution in [3.8, 4) is 5.75 Å². The smallest absolute Gasteiger partial charge is 0.119 e. The molecule has 3 nitrogen and oxygen atoms in total. The van der Waals surface area contributed by atoms with Crippen molar-refractivity contribution in [3.05, 3.63) is 30.3 Å². The Morgan fingerprint density at radius 1 is 1.33 bits per heavy atom. The van der Waals surface area contributed by atoms with Gasteiger partial charge in [-0.15, -0.1) is 12.4 Å². The van der Waals surface area contributed by atoms with Crippen LogP contribution >= 0.6 is 12.4 Å². The van der Waals surface area contributed by atoms with Crippen LogP contribution in [0, 0.1) is 0 Å². The zero-order valence-corrected chi connectivity index (χ0v) is 9.33. The molecule has 0 bridgehead atoms. The van der Waals surface area contributed by atoms with Gasteiger partial charge in [-0.2, -0.15) is 0 Å². The average molecular weight is 230 g/mol. The van der Waals surface area contributed by atoms with Crippen LogP contribution in [0.25, 0.3) is 0 Å². The molecule has 1 aromatic rings. The second-order valence-corrected chi connectivity index (χ2v) is 3.32. The lowest BCUT2D eigenvalue weighted by molar-refractivity contribution is 0.000196. The Hall–Kier alpha value is -0.770. The van der Waals surface area contributed by atoms with Crippen LogP contribution in [0.1, 0.15) is 0 Å². The molecule has 2 rings (SSSR count). The van der Waals surface area contributed by atoms with Crippen molar-refractivity contribution in [2.75, 3.05) is 26.3 Å². The van der Waals surface area contributed by atoms with Gasteiger partial charge in [0.05, 0.1) is 6.61 Å². The van der Waals surface area contributed by atoms with Gasteiger partial charge in [0, 0.05) is 13.1 Å². The zero-order chi connectivity index (χ0) is 9.64. The molecule has 0 radical (unpaired) electrons. The Kier molecular flexibility index (Phi) is 5.47. The van der Waals surface area contributed by atoms with Crippen molar-refractivity contribution in [1.82, 2.24) is 5.32 Å². The maximum atomic E-state index is 5.58. The Bertz CT molecular complexity index is 263. The molecule has 0 saturated carbocycles. The highest BCUT2D eigenvalue weighted by atomic mass is 35.5. The van der Waals surface area contributed by atoms with Gasteiger partial charge in [-0.3, -0.25) is 0 Å². The number of hydrogen-bond donors (Lipinski definition) is 1. The molecule has 1 heterocycles. The number of rotatable bonds is 3. The van der Waals surface area contributed by atoms with Crippen LogP contribution < -0.4 is 10.1 Å². The first-order valence-corrected chi connectivity index (χ1v) is 4.95. The van der Waals surface area contributed by atoms with Crippen molar-refractivity contribution in [1.29, 1.82) is 0 Å². The van der Waals surface area contributed by atoms with Crippen molar-refractivity contribution >= 4 is 12.4 Å². The molecule has 0 unspecified atom stereocenters. The van der Waals surface area contributed by atoms with Crippen LogP contribution in [0.5, 0.6) is 5.75 Å². The molecule has 15 heavy (non-hydrogen) atoms. The van der Waals surface area contributed by atoms with E-state index in [0.717, 1.165) is 25.4 Å². The Morgan fingerprint density at radius 3 is 2.80 bits per heavy atom. The summed E-state index contributed by atoms with van der Waals surface area (Å²) in [6.07, 6.45) is 0.184. The van der Waals surface area contributed by atoms with Crippen molar-refractivity contribution < 1.29 is 9.47 Å².